The van der Waals surface area contributed by atoms with Gasteiger partial charge in [-0.15, -0.1) is 6.58 Å². The van der Waals surface area contributed by atoms with Gasteiger partial charge in [0.1, 0.15) is 6.10 Å². The van der Waals surface area contributed by atoms with Crippen molar-refractivity contribution in [1.82, 2.24) is 0 Å². The van der Waals surface area contributed by atoms with Gasteiger partial charge in [0.25, 0.3) is 0 Å². The smallest absolute Gasteiger partial charge is 1.00 e. The van der Waals surface area contributed by atoms with Crippen LogP contribution in [0.3, 0.4) is 0 Å². The van der Waals surface area contributed by atoms with Gasteiger partial charge in [-0.1, -0.05) is 31.6 Å². The molecule has 23 heavy (non-hydrogen) atoms. The third-order valence-electron chi connectivity index (χ3n) is 4.95. The van der Waals surface area contributed by atoms with Crippen LogP contribution in [0, 0.1) is 17.3 Å². The van der Waals surface area contributed by atoms with Crippen molar-refractivity contribution in [3.05, 3.63) is 35.5 Å². The van der Waals surface area contributed by atoms with Crippen molar-refractivity contribution in [2.45, 2.75) is 53.6 Å². The summed E-state index contributed by atoms with van der Waals surface area (Å²) in [6, 6.07) is 0. The monoisotopic (exact) mass is 326 g/mol. The van der Waals surface area contributed by atoms with Crippen molar-refractivity contribution < 1.29 is 45.3 Å². The minimum atomic E-state index is -0.390. The maximum atomic E-state index is 12.5. The predicted molar refractivity (Wildman–Crippen MR) is 88.3 cm³/mol. The predicted octanol–water partition coefficient (Wildman–Crippen LogP) is 1.12. The molecule has 3 atom stereocenters. The van der Waals surface area contributed by atoms with Crippen molar-refractivity contribution >= 4 is 11.8 Å². The van der Waals surface area contributed by atoms with Gasteiger partial charge in [0, 0.05) is 5.57 Å². The number of ether oxygens (including phenoxy) is 1. The Hall–Kier alpha value is -0.640. The summed E-state index contributed by atoms with van der Waals surface area (Å²) in [7, 11) is 0. The van der Waals surface area contributed by atoms with Gasteiger partial charge in [0.2, 0.25) is 0 Å². The second-order valence-corrected chi connectivity index (χ2v) is 7.28. The Bertz CT molecular complexity index is 585. The summed E-state index contributed by atoms with van der Waals surface area (Å²) in [6.07, 6.45) is 4.31. The van der Waals surface area contributed by atoms with Crippen LogP contribution in [-0.4, -0.2) is 17.9 Å². The quantitative estimate of drug-likeness (QED) is 0.432. The van der Waals surface area contributed by atoms with E-state index in [0.717, 1.165) is 11.1 Å². The summed E-state index contributed by atoms with van der Waals surface area (Å²) in [5.74, 6) is 0.0309. The molecule has 0 aromatic heterocycles. The summed E-state index contributed by atoms with van der Waals surface area (Å²) in [6.45, 7) is 13.8. The zero-order chi connectivity index (χ0) is 16.7. The van der Waals surface area contributed by atoms with Gasteiger partial charge in [-0.25, -0.2) is 0 Å². The maximum absolute atomic E-state index is 12.5. The van der Waals surface area contributed by atoms with Gasteiger partial charge in [0.05, 0.1) is 12.3 Å². The number of esters is 1. The van der Waals surface area contributed by atoms with Crippen molar-refractivity contribution in [2.75, 3.05) is 0 Å². The van der Waals surface area contributed by atoms with Crippen LogP contribution in [-0.2, 0) is 14.3 Å². The first-order valence-corrected chi connectivity index (χ1v) is 7.89. The molecule has 4 heteroatoms. The van der Waals surface area contributed by atoms with Crippen LogP contribution >= 0.6 is 0 Å². The minimum absolute atomic E-state index is 0. The molecular weight excluding hydrogens is 299 g/mol. The van der Waals surface area contributed by atoms with E-state index in [9.17, 15) is 9.59 Å². The van der Waals surface area contributed by atoms with E-state index < -0.39 is 6.10 Å². The topological polar surface area (TPSA) is 43.4 Å². The summed E-state index contributed by atoms with van der Waals surface area (Å²) in [5, 5.41) is 0. The van der Waals surface area contributed by atoms with E-state index in [1.807, 2.05) is 20.8 Å². The fraction of sp³-hybridized carbons (Fsp3) is 0.579. The van der Waals surface area contributed by atoms with Crippen LogP contribution < -0.4 is 29.6 Å². The third-order valence-corrected chi connectivity index (χ3v) is 4.95. The van der Waals surface area contributed by atoms with Crippen LogP contribution in [0.15, 0.2) is 35.5 Å². The first-order chi connectivity index (χ1) is 10.2. The van der Waals surface area contributed by atoms with Crippen molar-refractivity contribution in [1.29, 1.82) is 0 Å². The molecule has 3 nitrogen and oxygen atoms in total. The number of carbonyl (C=O) groups is 2. The van der Waals surface area contributed by atoms with Gasteiger partial charge in [0.15, 0.2) is 5.78 Å². The Morgan fingerprint density at radius 3 is 2.57 bits per heavy atom. The summed E-state index contributed by atoms with van der Waals surface area (Å²) in [4.78, 5) is 24.5. The molecule has 0 aromatic carbocycles. The molecule has 2 aliphatic carbocycles. The molecule has 1 saturated carbocycles. The van der Waals surface area contributed by atoms with Gasteiger partial charge in [-0.2, -0.15) is 0 Å². The van der Waals surface area contributed by atoms with Crippen molar-refractivity contribution in [3.63, 3.8) is 0 Å². The zero-order valence-corrected chi connectivity index (χ0v) is 17.2. The molecule has 1 fully saturated rings. The number of rotatable bonds is 5. The van der Waals surface area contributed by atoms with E-state index in [-0.39, 0.29) is 66.4 Å². The van der Waals surface area contributed by atoms with Crippen LogP contribution in [0.5, 0.6) is 0 Å². The largest absolute Gasteiger partial charge is 1.00 e. The number of hydrogen-bond acceptors (Lipinski definition) is 3. The Labute approximate surface area is 163 Å². The van der Waals surface area contributed by atoms with E-state index in [1.54, 1.807) is 6.08 Å². The van der Waals surface area contributed by atoms with Gasteiger partial charge in [-0.3, -0.25) is 9.59 Å². The molecule has 3 unspecified atom stereocenters. The molecule has 0 amide bonds. The molecule has 2 aliphatic rings. The normalized spacial score (nSPS) is 28.0. The average molecular weight is 326 g/mol. The molecule has 122 valence electrons. The van der Waals surface area contributed by atoms with Crippen LogP contribution in [0.2, 0.25) is 0 Å². The molecule has 0 spiro atoms. The fourth-order valence-electron chi connectivity index (χ4n) is 3.42. The molecule has 0 aromatic rings. The summed E-state index contributed by atoms with van der Waals surface area (Å²) >= 11 is 0. The molecule has 0 bridgehead atoms. The molecule has 2 rings (SSSR count). The van der Waals surface area contributed by atoms with Gasteiger partial charge < -0.3 is 6.16 Å². The number of ketones is 1. The van der Waals surface area contributed by atoms with Crippen molar-refractivity contribution in [3.8, 4) is 0 Å². The van der Waals surface area contributed by atoms with E-state index in [0.29, 0.717) is 6.42 Å². The number of allylic oxidation sites excluding steroid dienone is 4. The van der Waals surface area contributed by atoms with Gasteiger partial charge in [-0.05, 0) is 44.1 Å². The SMILES string of the molecule is C=CCC1=C(C)C(OC(=O)C2C(C=C(C)C)C2(C)C)CC1=O.[H-].[Na+]. The van der Waals surface area contributed by atoms with E-state index >= 15 is 0 Å². The molecule has 0 heterocycles. The Morgan fingerprint density at radius 1 is 1.43 bits per heavy atom. The molecular formula is C19H27NaO3. The Balaban J connectivity index is 0.00000264. The Morgan fingerprint density at radius 2 is 2.04 bits per heavy atom. The third kappa shape index (κ3) is 4.07. The van der Waals surface area contributed by atoms with Crippen LogP contribution in [0.25, 0.3) is 0 Å². The summed E-state index contributed by atoms with van der Waals surface area (Å²) < 4.78 is 5.66. The van der Waals surface area contributed by atoms with Crippen LogP contribution in [0.1, 0.15) is 48.9 Å². The van der Waals surface area contributed by atoms with Crippen molar-refractivity contribution in [2.24, 2.45) is 17.3 Å². The van der Waals surface area contributed by atoms with Gasteiger partial charge >= 0.3 is 35.5 Å². The number of Topliss-reactive ketones (excluding diaryl/α,β-unsaturated/α-hetero) is 1. The maximum Gasteiger partial charge on any atom is 1.00 e. The zero-order valence-electron chi connectivity index (χ0n) is 16.2. The second kappa shape index (κ2) is 7.50. The first kappa shape index (κ1) is 20.4. The fourth-order valence-corrected chi connectivity index (χ4v) is 3.42. The van der Waals surface area contributed by atoms with Crippen LogP contribution in [0.4, 0.5) is 0 Å². The average Bonchev–Trinajstić information content (AvgIpc) is 2.83. The minimum Gasteiger partial charge on any atom is -1.00 e. The van der Waals surface area contributed by atoms with E-state index in [4.69, 9.17) is 4.74 Å². The van der Waals surface area contributed by atoms with E-state index in [1.165, 1.54) is 5.57 Å². The number of hydrogen-bond donors (Lipinski definition) is 0. The second-order valence-electron chi connectivity index (χ2n) is 7.28. The molecule has 0 saturated heterocycles. The van der Waals surface area contributed by atoms with E-state index in [2.05, 4.69) is 26.5 Å². The first-order valence-electron chi connectivity index (χ1n) is 7.89. The molecule has 0 radical (unpaired) electrons. The number of carbonyl (C=O) groups excluding carboxylic acids is 2. The standard InChI is InChI=1S/C19H26O3.Na.H/c1-7-8-13-12(4)16(10-15(13)20)22-18(21)17-14(9-11(2)3)19(17,5)6;;/h7,9,14,16-17H,1,8,10H2,2-6H3;;/q;+1;-1. The Kier molecular flexibility index (Phi) is 6.65. The molecule has 0 N–H and O–H groups in total. The molecule has 0 aliphatic heterocycles. The summed E-state index contributed by atoms with van der Waals surface area (Å²) in [5.41, 5.74) is 2.80.